The first-order chi connectivity index (χ1) is 16.7. The molecule has 2 unspecified atom stereocenters. The smallest absolute Gasteiger partial charge is 0.302 e. The highest BCUT2D eigenvalue weighted by atomic mass is 19.1. The highest BCUT2D eigenvalue weighted by molar-refractivity contribution is 5.75. The van der Waals surface area contributed by atoms with Crippen molar-refractivity contribution in [2.45, 2.75) is 59.0 Å². The van der Waals surface area contributed by atoms with Crippen molar-refractivity contribution in [3.63, 3.8) is 0 Å². The number of esters is 2. The first-order valence-corrected chi connectivity index (χ1v) is 11.8. The molecule has 2 aromatic rings. The maximum absolute atomic E-state index is 14.9. The Morgan fingerprint density at radius 1 is 1.00 bits per heavy atom. The number of hydrogen-bond donors (Lipinski definition) is 1. The monoisotopic (exact) mass is 487 g/mol. The van der Waals surface area contributed by atoms with Crippen LogP contribution in [0.2, 0.25) is 0 Å². The summed E-state index contributed by atoms with van der Waals surface area (Å²) in [5.41, 5.74) is 7.35. The molecule has 0 saturated carbocycles. The maximum atomic E-state index is 14.9. The summed E-state index contributed by atoms with van der Waals surface area (Å²) < 4.78 is 31.0. The van der Waals surface area contributed by atoms with Crippen LogP contribution in [0.5, 0.6) is 5.75 Å². The van der Waals surface area contributed by atoms with Gasteiger partial charge in [-0.15, -0.1) is 0 Å². The van der Waals surface area contributed by atoms with Crippen LogP contribution in [0.3, 0.4) is 0 Å². The largest absolute Gasteiger partial charge is 0.494 e. The van der Waals surface area contributed by atoms with Gasteiger partial charge in [-0.3, -0.25) is 14.4 Å². The lowest BCUT2D eigenvalue weighted by Gasteiger charge is -2.25. The van der Waals surface area contributed by atoms with Crippen molar-refractivity contribution in [2.24, 2.45) is 11.7 Å². The molecule has 0 fully saturated rings. The summed E-state index contributed by atoms with van der Waals surface area (Å²) >= 11 is 0. The van der Waals surface area contributed by atoms with Crippen LogP contribution in [-0.2, 0) is 30.3 Å². The van der Waals surface area contributed by atoms with E-state index in [1.807, 2.05) is 30.3 Å². The number of halogens is 1. The van der Waals surface area contributed by atoms with E-state index in [2.05, 4.69) is 6.92 Å². The third-order valence-corrected chi connectivity index (χ3v) is 5.54. The van der Waals surface area contributed by atoms with Crippen molar-refractivity contribution < 1.29 is 33.0 Å². The third kappa shape index (κ3) is 9.76. The molecule has 35 heavy (non-hydrogen) atoms. The molecule has 0 spiro atoms. The molecule has 0 aliphatic rings. The van der Waals surface area contributed by atoms with Crippen molar-refractivity contribution >= 4 is 17.8 Å². The average molecular weight is 488 g/mol. The second-order valence-electron chi connectivity index (χ2n) is 8.45. The van der Waals surface area contributed by atoms with E-state index in [9.17, 15) is 18.8 Å². The first kappa shape index (κ1) is 27.8. The van der Waals surface area contributed by atoms with Gasteiger partial charge in [0, 0.05) is 19.8 Å². The van der Waals surface area contributed by atoms with Gasteiger partial charge in [-0.25, -0.2) is 4.39 Å². The Bertz CT molecular complexity index is 976. The summed E-state index contributed by atoms with van der Waals surface area (Å²) in [4.78, 5) is 34.3. The summed E-state index contributed by atoms with van der Waals surface area (Å²) in [6, 6.07) is 12.5. The van der Waals surface area contributed by atoms with E-state index in [1.54, 1.807) is 6.07 Å². The van der Waals surface area contributed by atoms with E-state index in [1.165, 1.54) is 19.9 Å². The fourth-order valence-electron chi connectivity index (χ4n) is 3.67. The molecule has 7 nitrogen and oxygen atoms in total. The van der Waals surface area contributed by atoms with E-state index < -0.39 is 29.9 Å². The Morgan fingerprint density at radius 3 is 2.26 bits per heavy atom. The Morgan fingerprint density at radius 2 is 1.69 bits per heavy atom. The van der Waals surface area contributed by atoms with E-state index >= 15 is 0 Å². The average Bonchev–Trinajstić information content (AvgIpc) is 2.79. The number of unbranched alkanes of at least 4 members (excludes halogenated alkanes) is 1. The van der Waals surface area contributed by atoms with Crippen LogP contribution < -0.4 is 10.5 Å². The molecule has 190 valence electrons. The minimum atomic E-state index is -0.871. The van der Waals surface area contributed by atoms with Gasteiger partial charge in [0.25, 0.3) is 0 Å². The second kappa shape index (κ2) is 14.1. The highest BCUT2D eigenvalue weighted by Gasteiger charge is 2.27. The molecule has 0 aromatic heterocycles. The number of carbonyl (C=O) groups excluding carboxylic acids is 3. The number of carbonyl (C=O) groups is 3. The van der Waals surface area contributed by atoms with Crippen LogP contribution in [0.1, 0.15) is 52.0 Å². The zero-order chi connectivity index (χ0) is 25.8. The van der Waals surface area contributed by atoms with Gasteiger partial charge in [-0.1, -0.05) is 37.6 Å². The number of hydrogen-bond acceptors (Lipinski definition) is 6. The molecule has 0 aliphatic heterocycles. The Balaban J connectivity index is 2.11. The lowest BCUT2D eigenvalue weighted by atomic mass is 9.92. The molecule has 2 N–H and O–H groups in total. The SMILES string of the molecule is CCCCOc1ccc(-c2ccc(CCC(COC(C)=O)C(CC(N)=O)OC(C)=O)c(F)c2)cc1. The number of benzene rings is 2. The van der Waals surface area contributed by atoms with Crippen LogP contribution in [0.4, 0.5) is 4.39 Å². The van der Waals surface area contributed by atoms with Crippen LogP contribution >= 0.6 is 0 Å². The quantitative estimate of drug-likeness (QED) is 0.309. The van der Waals surface area contributed by atoms with Gasteiger partial charge in [0.1, 0.15) is 17.7 Å². The summed E-state index contributed by atoms with van der Waals surface area (Å²) in [7, 11) is 0. The predicted molar refractivity (Wildman–Crippen MR) is 130 cm³/mol. The summed E-state index contributed by atoms with van der Waals surface area (Å²) in [5, 5.41) is 0. The van der Waals surface area contributed by atoms with Crippen LogP contribution in [0, 0.1) is 11.7 Å². The lowest BCUT2D eigenvalue weighted by molar-refractivity contribution is -0.154. The molecule has 0 bridgehead atoms. The van der Waals surface area contributed by atoms with Gasteiger partial charge in [0.05, 0.1) is 19.6 Å². The predicted octanol–water partition coefficient (Wildman–Crippen LogP) is 4.59. The highest BCUT2D eigenvalue weighted by Crippen LogP contribution is 2.26. The number of ether oxygens (including phenoxy) is 3. The van der Waals surface area contributed by atoms with Crippen molar-refractivity contribution in [1.82, 2.24) is 0 Å². The molecule has 8 heteroatoms. The van der Waals surface area contributed by atoms with Gasteiger partial charge in [-0.05, 0) is 54.2 Å². The van der Waals surface area contributed by atoms with E-state index in [-0.39, 0.29) is 18.8 Å². The number of aryl methyl sites for hydroxylation is 1. The molecule has 2 atom stereocenters. The van der Waals surface area contributed by atoms with Crippen LogP contribution in [0.15, 0.2) is 42.5 Å². The van der Waals surface area contributed by atoms with Gasteiger partial charge < -0.3 is 19.9 Å². The molecule has 2 aromatic carbocycles. The van der Waals surface area contributed by atoms with Crippen molar-refractivity contribution in [1.29, 1.82) is 0 Å². The van der Waals surface area contributed by atoms with Crippen LogP contribution in [0.25, 0.3) is 11.1 Å². The van der Waals surface area contributed by atoms with Crippen LogP contribution in [-0.4, -0.2) is 37.2 Å². The molecule has 1 amide bonds. The summed E-state index contributed by atoms with van der Waals surface area (Å²) in [6.45, 7) is 5.17. The Kier molecular flexibility index (Phi) is 11.2. The molecule has 2 rings (SSSR count). The topological polar surface area (TPSA) is 105 Å². The Labute approximate surface area is 205 Å². The van der Waals surface area contributed by atoms with E-state index in [4.69, 9.17) is 19.9 Å². The second-order valence-corrected chi connectivity index (χ2v) is 8.45. The summed E-state index contributed by atoms with van der Waals surface area (Å²) in [5.74, 6) is -1.86. The molecular weight excluding hydrogens is 453 g/mol. The zero-order valence-electron chi connectivity index (χ0n) is 20.6. The minimum Gasteiger partial charge on any atom is -0.494 e. The molecule has 0 saturated heterocycles. The third-order valence-electron chi connectivity index (χ3n) is 5.54. The number of rotatable bonds is 14. The number of primary amides is 1. The number of nitrogens with two attached hydrogens (primary N) is 1. The molecule has 0 radical (unpaired) electrons. The fraction of sp³-hybridized carbons (Fsp3) is 0.444. The normalized spacial score (nSPS) is 12.5. The first-order valence-electron chi connectivity index (χ1n) is 11.8. The Hall–Kier alpha value is -3.42. The van der Waals surface area contributed by atoms with E-state index in [0.29, 0.717) is 25.0 Å². The van der Waals surface area contributed by atoms with Gasteiger partial charge >= 0.3 is 11.9 Å². The lowest BCUT2D eigenvalue weighted by Crippen LogP contribution is -2.34. The molecule has 0 heterocycles. The van der Waals surface area contributed by atoms with Gasteiger partial charge in [-0.2, -0.15) is 0 Å². The fourth-order valence-corrected chi connectivity index (χ4v) is 3.67. The van der Waals surface area contributed by atoms with Gasteiger partial charge in [0.2, 0.25) is 5.91 Å². The van der Waals surface area contributed by atoms with Crippen molar-refractivity contribution in [3.05, 3.63) is 53.8 Å². The minimum absolute atomic E-state index is 0.0765. The maximum Gasteiger partial charge on any atom is 0.302 e. The van der Waals surface area contributed by atoms with Gasteiger partial charge in [0.15, 0.2) is 0 Å². The molecular formula is C27H34FNO6. The summed E-state index contributed by atoms with van der Waals surface area (Å²) in [6.07, 6.45) is 1.57. The standard InChI is InChI=1S/C27H34FNO6/c1-4-5-14-33-24-12-10-20(11-13-24)22-8-6-21(25(28)15-22)7-9-23(17-34-18(2)30)26(16-27(29)32)35-19(3)31/h6,8,10-13,15,23,26H,4-5,7,9,14,16-17H2,1-3H3,(H2,29,32). The van der Waals surface area contributed by atoms with Crippen molar-refractivity contribution in [3.8, 4) is 16.9 Å². The van der Waals surface area contributed by atoms with E-state index in [0.717, 1.165) is 29.7 Å². The zero-order valence-corrected chi connectivity index (χ0v) is 20.6. The number of amides is 1. The van der Waals surface area contributed by atoms with Crippen molar-refractivity contribution in [2.75, 3.05) is 13.2 Å². The molecule has 0 aliphatic carbocycles.